The Hall–Kier alpha value is -2.20. The standard InChI is InChI=1S/C16H17FN2O/c1-11(18)13-5-7-15(8-6-13)19-16(20)10-12-3-2-4-14(17)9-12/h2-9,11H,10,18H2,1H3,(H,19,20). The third kappa shape index (κ3) is 3.90. The summed E-state index contributed by atoms with van der Waals surface area (Å²) in [5.74, 6) is -0.513. The quantitative estimate of drug-likeness (QED) is 0.898. The molecule has 2 aromatic rings. The Morgan fingerprint density at radius 3 is 2.55 bits per heavy atom. The molecule has 4 heteroatoms. The van der Waals surface area contributed by atoms with Gasteiger partial charge in [-0.05, 0) is 42.3 Å². The average molecular weight is 272 g/mol. The summed E-state index contributed by atoms with van der Waals surface area (Å²) in [7, 11) is 0. The molecule has 0 spiro atoms. The van der Waals surface area contributed by atoms with Gasteiger partial charge in [-0.15, -0.1) is 0 Å². The Morgan fingerprint density at radius 2 is 1.95 bits per heavy atom. The van der Waals surface area contributed by atoms with Crippen LogP contribution in [0.4, 0.5) is 10.1 Å². The van der Waals surface area contributed by atoms with Crippen LogP contribution in [0.25, 0.3) is 0 Å². The van der Waals surface area contributed by atoms with Crippen molar-refractivity contribution in [3.63, 3.8) is 0 Å². The Kier molecular flexibility index (Phi) is 4.48. The highest BCUT2D eigenvalue weighted by atomic mass is 19.1. The summed E-state index contributed by atoms with van der Waals surface area (Å²) in [6.45, 7) is 1.90. The maximum absolute atomic E-state index is 13.0. The van der Waals surface area contributed by atoms with Crippen LogP contribution < -0.4 is 11.1 Å². The minimum atomic E-state index is -0.336. The first-order valence-electron chi connectivity index (χ1n) is 6.44. The minimum absolute atomic E-state index is 0.0351. The highest BCUT2D eigenvalue weighted by Gasteiger charge is 2.05. The van der Waals surface area contributed by atoms with Crippen molar-refractivity contribution < 1.29 is 9.18 Å². The van der Waals surface area contributed by atoms with Gasteiger partial charge < -0.3 is 11.1 Å². The van der Waals surface area contributed by atoms with E-state index in [0.717, 1.165) is 5.56 Å². The van der Waals surface area contributed by atoms with Crippen LogP contribution >= 0.6 is 0 Å². The molecule has 3 nitrogen and oxygen atoms in total. The predicted octanol–water partition coefficient (Wildman–Crippen LogP) is 3.03. The fourth-order valence-electron chi connectivity index (χ4n) is 1.91. The Labute approximate surface area is 117 Å². The minimum Gasteiger partial charge on any atom is -0.326 e. The lowest BCUT2D eigenvalue weighted by Crippen LogP contribution is -2.14. The van der Waals surface area contributed by atoms with Crippen molar-refractivity contribution in [3.05, 3.63) is 65.5 Å². The van der Waals surface area contributed by atoms with E-state index in [4.69, 9.17) is 5.73 Å². The molecule has 0 fully saturated rings. The molecule has 0 saturated heterocycles. The molecule has 3 N–H and O–H groups in total. The van der Waals surface area contributed by atoms with Gasteiger partial charge in [-0.2, -0.15) is 0 Å². The molecule has 2 aromatic carbocycles. The molecule has 0 saturated carbocycles. The molecule has 0 heterocycles. The lowest BCUT2D eigenvalue weighted by Gasteiger charge is -2.08. The van der Waals surface area contributed by atoms with Crippen LogP contribution in [-0.2, 0) is 11.2 Å². The predicted molar refractivity (Wildman–Crippen MR) is 77.8 cm³/mol. The van der Waals surface area contributed by atoms with Crippen molar-refractivity contribution in [2.24, 2.45) is 5.73 Å². The number of nitrogens with one attached hydrogen (secondary N) is 1. The lowest BCUT2D eigenvalue weighted by molar-refractivity contribution is -0.115. The van der Waals surface area contributed by atoms with Gasteiger partial charge in [-0.25, -0.2) is 4.39 Å². The summed E-state index contributed by atoms with van der Waals surface area (Å²) in [6, 6.07) is 13.4. The third-order valence-corrected chi connectivity index (χ3v) is 2.97. The molecule has 0 aliphatic heterocycles. The van der Waals surface area contributed by atoms with E-state index in [1.54, 1.807) is 12.1 Å². The SMILES string of the molecule is CC(N)c1ccc(NC(=O)Cc2cccc(F)c2)cc1. The zero-order valence-electron chi connectivity index (χ0n) is 11.3. The summed E-state index contributed by atoms with van der Waals surface area (Å²) in [6.07, 6.45) is 0.146. The first-order valence-corrected chi connectivity index (χ1v) is 6.44. The number of halogens is 1. The molecule has 104 valence electrons. The molecule has 0 aliphatic carbocycles. The van der Waals surface area contributed by atoms with E-state index in [1.807, 2.05) is 31.2 Å². The number of benzene rings is 2. The fraction of sp³-hybridized carbons (Fsp3) is 0.188. The molecule has 20 heavy (non-hydrogen) atoms. The summed E-state index contributed by atoms with van der Waals surface area (Å²) in [5, 5.41) is 2.77. The van der Waals surface area contributed by atoms with Gasteiger partial charge in [0.15, 0.2) is 0 Å². The summed E-state index contributed by atoms with van der Waals surface area (Å²) >= 11 is 0. The molecular weight excluding hydrogens is 255 g/mol. The van der Waals surface area contributed by atoms with Crippen LogP contribution in [0.5, 0.6) is 0 Å². The molecule has 1 amide bonds. The van der Waals surface area contributed by atoms with E-state index in [9.17, 15) is 9.18 Å². The first kappa shape index (κ1) is 14.2. The normalized spacial score (nSPS) is 11.9. The molecule has 0 radical (unpaired) electrons. The number of hydrogen-bond acceptors (Lipinski definition) is 2. The molecule has 1 atom stereocenters. The van der Waals surface area contributed by atoms with Crippen LogP contribution in [0.3, 0.4) is 0 Å². The monoisotopic (exact) mass is 272 g/mol. The van der Waals surface area contributed by atoms with Gasteiger partial charge in [0, 0.05) is 11.7 Å². The van der Waals surface area contributed by atoms with Crippen molar-refractivity contribution in [1.29, 1.82) is 0 Å². The van der Waals surface area contributed by atoms with E-state index < -0.39 is 0 Å². The van der Waals surface area contributed by atoms with E-state index in [-0.39, 0.29) is 24.2 Å². The molecular formula is C16H17FN2O. The van der Waals surface area contributed by atoms with Crippen LogP contribution in [0.15, 0.2) is 48.5 Å². The van der Waals surface area contributed by atoms with Crippen LogP contribution in [0.2, 0.25) is 0 Å². The maximum Gasteiger partial charge on any atom is 0.228 e. The van der Waals surface area contributed by atoms with Gasteiger partial charge in [0.1, 0.15) is 5.82 Å². The molecule has 0 aliphatic rings. The smallest absolute Gasteiger partial charge is 0.228 e. The van der Waals surface area contributed by atoms with Gasteiger partial charge in [0.2, 0.25) is 5.91 Å². The molecule has 2 rings (SSSR count). The van der Waals surface area contributed by atoms with Crippen molar-refractivity contribution in [3.8, 4) is 0 Å². The van der Waals surface area contributed by atoms with E-state index in [1.165, 1.54) is 12.1 Å². The molecule has 0 bridgehead atoms. The number of nitrogens with two attached hydrogens (primary N) is 1. The van der Waals surface area contributed by atoms with Crippen molar-refractivity contribution in [2.45, 2.75) is 19.4 Å². The number of carbonyl (C=O) groups excluding carboxylic acids is 1. The molecule has 1 unspecified atom stereocenters. The second-order valence-electron chi connectivity index (χ2n) is 4.77. The highest BCUT2D eigenvalue weighted by Crippen LogP contribution is 2.14. The fourth-order valence-corrected chi connectivity index (χ4v) is 1.91. The van der Waals surface area contributed by atoms with Crippen molar-refractivity contribution >= 4 is 11.6 Å². The second-order valence-corrected chi connectivity index (χ2v) is 4.77. The average Bonchev–Trinajstić information content (AvgIpc) is 2.39. The summed E-state index contributed by atoms with van der Waals surface area (Å²) in [5.41, 5.74) is 8.12. The topological polar surface area (TPSA) is 55.1 Å². The Morgan fingerprint density at radius 1 is 1.25 bits per heavy atom. The first-order chi connectivity index (χ1) is 9.54. The van der Waals surface area contributed by atoms with E-state index >= 15 is 0 Å². The van der Waals surface area contributed by atoms with Gasteiger partial charge in [-0.1, -0.05) is 24.3 Å². The Bertz CT molecular complexity index is 594. The number of amides is 1. The summed E-state index contributed by atoms with van der Waals surface area (Å²) < 4.78 is 13.0. The molecule has 0 aromatic heterocycles. The summed E-state index contributed by atoms with van der Waals surface area (Å²) in [4.78, 5) is 11.9. The van der Waals surface area contributed by atoms with Crippen LogP contribution in [0, 0.1) is 5.82 Å². The van der Waals surface area contributed by atoms with E-state index in [2.05, 4.69) is 5.32 Å². The zero-order valence-corrected chi connectivity index (χ0v) is 11.3. The number of rotatable bonds is 4. The largest absolute Gasteiger partial charge is 0.326 e. The second kappa shape index (κ2) is 6.30. The van der Waals surface area contributed by atoms with Crippen molar-refractivity contribution in [1.82, 2.24) is 0 Å². The number of anilines is 1. The Balaban J connectivity index is 1.97. The third-order valence-electron chi connectivity index (χ3n) is 2.97. The van der Waals surface area contributed by atoms with Gasteiger partial charge in [0.05, 0.1) is 6.42 Å². The van der Waals surface area contributed by atoms with Gasteiger partial charge in [0.25, 0.3) is 0 Å². The lowest BCUT2D eigenvalue weighted by atomic mass is 10.1. The van der Waals surface area contributed by atoms with Gasteiger partial charge >= 0.3 is 0 Å². The van der Waals surface area contributed by atoms with Crippen LogP contribution in [-0.4, -0.2) is 5.91 Å². The maximum atomic E-state index is 13.0. The number of hydrogen-bond donors (Lipinski definition) is 2. The van der Waals surface area contributed by atoms with Gasteiger partial charge in [-0.3, -0.25) is 4.79 Å². The van der Waals surface area contributed by atoms with E-state index in [0.29, 0.717) is 11.3 Å². The zero-order chi connectivity index (χ0) is 14.5. The van der Waals surface area contributed by atoms with Crippen molar-refractivity contribution in [2.75, 3.05) is 5.32 Å². The number of carbonyl (C=O) groups is 1. The van der Waals surface area contributed by atoms with Crippen LogP contribution in [0.1, 0.15) is 24.1 Å². The highest BCUT2D eigenvalue weighted by molar-refractivity contribution is 5.92.